The molecule has 0 saturated heterocycles. The van der Waals surface area contributed by atoms with E-state index in [0.29, 0.717) is 0 Å². The Morgan fingerprint density at radius 3 is 2.56 bits per heavy atom. The topological polar surface area (TPSA) is 64.6 Å². The van der Waals surface area contributed by atoms with Crippen LogP contribution in [0.4, 0.5) is 10.1 Å². The first-order valence-electron chi connectivity index (χ1n) is 7.13. The van der Waals surface area contributed by atoms with Gasteiger partial charge in [-0.05, 0) is 31.2 Å². The molecule has 0 aromatic heterocycles. The van der Waals surface area contributed by atoms with Gasteiger partial charge in [0.05, 0.1) is 28.4 Å². The highest BCUT2D eigenvalue weighted by Gasteiger charge is 2.22. The van der Waals surface area contributed by atoms with Gasteiger partial charge in [-0.2, -0.15) is 0 Å². The Kier molecular flexibility index (Phi) is 6.22. The summed E-state index contributed by atoms with van der Waals surface area (Å²) in [6.45, 7) is 1.35. The molecule has 0 bridgehead atoms. The Bertz CT molecular complexity index is 813. The molecule has 0 saturated carbocycles. The van der Waals surface area contributed by atoms with Gasteiger partial charge in [0.1, 0.15) is 11.6 Å². The average Bonchev–Trinajstić information content (AvgIpc) is 2.58. The normalized spacial score (nSPS) is 11.6. The summed E-state index contributed by atoms with van der Waals surface area (Å²) in [4.78, 5) is 24.1. The fourth-order valence-corrected chi connectivity index (χ4v) is 2.25. The van der Waals surface area contributed by atoms with Gasteiger partial charge in [0.25, 0.3) is 5.91 Å². The van der Waals surface area contributed by atoms with Gasteiger partial charge in [-0.25, -0.2) is 9.18 Å². The lowest BCUT2D eigenvalue weighted by atomic mass is 10.2. The third kappa shape index (κ3) is 4.61. The van der Waals surface area contributed by atoms with Crippen molar-refractivity contribution in [2.45, 2.75) is 13.0 Å². The van der Waals surface area contributed by atoms with Gasteiger partial charge in [-0.3, -0.25) is 4.79 Å². The molecule has 0 aliphatic rings. The zero-order chi connectivity index (χ0) is 18.6. The summed E-state index contributed by atoms with van der Waals surface area (Å²) in [6.07, 6.45) is -1.18. The molecule has 5 nitrogen and oxygen atoms in total. The van der Waals surface area contributed by atoms with Gasteiger partial charge in [0.2, 0.25) is 0 Å². The fourth-order valence-electron chi connectivity index (χ4n) is 1.90. The summed E-state index contributed by atoms with van der Waals surface area (Å²) in [5.74, 6) is -2.16. The van der Waals surface area contributed by atoms with Crippen molar-refractivity contribution in [3.05, 3.63) is 57.8 Å². The van der Waals surface area contributed by atoms with Gasteiger partial charge in [-0.15, -0.1) is 0 Å². The van der Waals surface area contributed by atoms with Gasteiger partial charge in [0, 0.05) is 6.07 Å². The molecule has 25 heavy (non-hydrogen) atoms. The van der Waals surface area contributed by atoms with Crippen LogP contribution in [-0.2, 0) is 9.53 Å². The number of esters is 1. The molecule has 1 N–H and O–H groups in total. The van der Waals surface area contributed by atoms with E-state index in [2.05, 4.69) is 5.32 Å². The number of carbonyl (C=O) groups excluding carboxylic acids is 2. The van der Waals surface area contributed by atoms with Crippen molar-refractivity contribution in [1.82, 2.24) is 0 Å². The van der Waals surface area contributed by atoms with E-state index < -0.39 is 23.8 Å². The largest absolute Gasteiger partial charge is 0.497 e. The van der Waals surface area contributed by atoms with Crippen LogP contribution in [0, 0.1) is 5.82 Å². The monoisotopic (exact) mass is 385 g/mol. The van der Waals surface area contributed by atoms with Crippen molar-refractivity contribution in [3.63, 3.8) is 0 Å². The first-order valence-corrected chi connectivity index (χ1v) is 7.88. The van der Waals surface area contributed by atoms with Crippen molar-refractivity contribution in [1.29, 1.82) is 0 Å². The van der Waals surface area contributed by atoms with E-state index in [9.17, 15) is 14.0 Å². The second-order valence-corrected chi connectivity index (χ2v) is 5.77. The van der Waals surface area contributed by atoms with Crippen molar-refractivity contribution >= 4 is 40.8 Å². The minimum Gasteiger partial charge on any atom is -0.497 e. The summed E-state index contributed by atoms with van der Waals surface area (Å²) in [6, 6.07) is 8.39. The smallest absolute Gasteiger partial charge is 0.341 e. The molecule has 2 aromatic rings. The van der Waals surface area contributed by atoms with Crippen LogP contribution in [0.2, 0.25) is 10.0 Å². The van der Waals surface area contributed by atoms with E-state index in [1.807, 2.05) is 0 Å². The summed E-state index contributed by atoms with van der Waals surface area (Å²) >= 11 is 11.8. The highest BCUT2D eigenvalue weighted by molar-refractivity contribution is 6.44. The predicted molar refractivity (Wildman–Crippen MR) is 92.9 cm³/mol. The standard InChI is InChI=1S/C17H14Cl2FNO4/c1-9(16(22)21-14-5-3-4-12(18)15(14)19)25-17(23)11-7-6-10(24-2)8-13(11)20/h3-9H,1-2H3,(H,21,22)/t9-/m1/s1. The van der Waals surface area contributed by atoms with Crippen LogP contribution < -0.4 is 10.1 Å². The molecule has 1 amide bonds. The lowest BCUT2D eigenvalue weighted by Crippen LogP contribution is -2.30. The van der Waals surface area contributed by atoms with E-state index in [0.717, 1.165) is 6.07 Å². The van der Waals surface area contributed by atoms with Gasteiger partial charge < -0.3 is 14.8 Å². The summed E-state index contributed by atoms with van der Waals surface area (Å²) in [7, 11) is 1.38. The number of nitrogens with one attached hydrogen (secondary N) is 1. The van der Waals surface area contributed by atoms with Gasteiger partial charge >= 0.3 is 5.97 Å². The van der Waals surface area contributed by atoms with E-state index >= 15 is 0 Å². The van der Waals surface area contributed by atoms with Crippen LogP contribution in [0.15, 0.2) is 36.4 Å². The number of anilines is 1. The number of hydrogen-bond acceptors (Lipinski definition) is 4. The Hall–Kier alpha value is -2.31. The Morgan fingerprint density at radius 2 is 1.92 bits per heavy atom. The Morgan fingerprint density at radius 1 is 1.20 bits per heavy atom. The van der Waals surface area contributed by atoms with Crippen molar-refractivity contribution in [2.75, 3.05) is 12.4 Å². The number of rotatable bonds is 5. The molecular weight excluding hydrogens is 372 g/mol. The SMILES string of the molecule is COc1ccc(C(=O)O[C@H](C)C(=O)Nc2cccc(Cl)c2Cl)c(F)c1. The van der Waals surface area contributed by atoms with Crippen molar-refractivity contribution < 1.29 is 23.5 Å². The number of halogens is 3. The first-order chi connectivity index (χ1) is 11.8. The molecule has 0 aliphatic heterocycles. The van der Waals surface area contributed by atoms with Crippen molar-refractivity contribution in [2.24, 2.45) is 0 Å². The number of benzene rings is 2. The van der Waals surface area contributed by atoms with Gasteiger partial charge in [-0.1, -0.05) is 29.3 Å². The molecule has 8 heteroatoms. The third-order valence-corrected chi connectivity index (χ3v) is 4.08. The quantitative estimate of drug-likeness (QED) is 0.778. The molecule has 2 aromatic carbocycles. The first kappa shape index (κ1) is 19.0. The number of ether oxygens (including phenoxy) is 2. The predicted octanol–water partition coefficient (Wildman–Crippen LogP) is 4.33. The van der Waals surface area contributed by atoms with E-state index in [1.165, 1.54) is 26.2 Å². The molecule has 0 unspecified atom stereocenters. The lowest BCUT2D eigenvalue weighted by Gasteiger charge is -2.15. The third-order valence-electron chi connectivity index (χ3n) is 3.26. The number of methoxy groups -OCH3 is 1. The minimum atomic E-state index is -1.18. The molecule has 0 fully saturated rings. The molecule has 0 spiro atoms. The second-order valence-electron chi connectivity index (χ2n) is 4.98. The van der Waals surface area contributed by atoms with Crippen molar-refractivity contribution in [3.8, 4) is 5.75 Å². The highest BCUT2D eigenvalue weighted by Crippen LogP contribution is 2.29. The van der Waals surface area contributed by atoms with Crippen LogP contribution >= 0.6 is 23.2 Å². The van der Waals surface area contributed by atoms with Crippen LogP contribution in [-0.4, -0.2) is 25.1 Å². The molecule has 1 atom stereocenters. The zero-order valence-electron chi connectivity index (χ0n) is 13.3. The summed E-state index contributed by atoms with van der Waals surface area (Å²) in [5, 5.41) is 2.93. The van der Waals surface area contributed by atoms with Crippen LogP contribution in [0.3, 0.4) is 0 Å². The van der Waals surface area contributed by atoms with Crippen LogP contribution in [0.1, 0.15) is 17.3 Å². The molecule has 0 heterocycles. The Labute approximate surface area is 153 Å². The fraction of sp³-hybridized carbons (Fsp3) is 0.176. The van der Waals surface area contributed by atoms with E-state index in [-0.39, 0.29) is 27.0 Å². The maximum Gasteiger partial charge on any atom is 0.341 e. The van der Waals surface area contributed by atoms with E-state index in [1.54, 1.807) is 18.2 Å². The molecule has 0 radical (unpaired) electrons. The zero-order valence-corrected chi connectivity index (χ0v) is 14.8. The molecule has 0 aliphatic carbocycles. The molecule has 132 valence electrons. The van der Waals surface area contributed by atoms with E-state index in [4.69, 9.17) is 32.7 Å². The number of carbonyl (C=O) groups is 2. The lowest BCUT2D eigenvalue weighted by molar-refractivity contribution is -0.123. The van der Waals surface area contributed by atoms with Gasteiger partial charge in [0.15, 0.2) is 6.10 Å². The minimum absolute atomic E-state index is 0.164. The Balaban J connectivity index is 2.05. The maximum absolute atomic E-state index is 13.9. The average molecular weight is 386 g/mol. The molecule has 2 rings (SSSR count). The maximum atomic E-state index is 13.9. The number of amides is 1. The number of hydrogen-bond donors (Lipinski definition) is 1. The second kappa shape index (κ2) is 8.18. The van der Waals surface area contributed by atoms with Crippen LogP contribution in [0.5, 0.6) is 5.75 Å². The summed E-state index contributed by atoms with van der Waals surface area (Å²) in [5.41, 5.74) is -0.0288. The summed E-state index contributed by atoms with van der Waals surface area (Å²) < 4.78 is 23.7. The van der Waals surface area contributed by atoms with Crippen LogP contribution in [0.25, 0.3) is 0 Å². The highest BCUT2D eigenvalue weighted by atomic mass is 35.5. The molecular formula is C17H14Cl2FNO4.